The number of aromatic nitrogens is 2. The zero-order valence-electron chi connectivity index (χ0n) is 10.3. The van der Waals surface area contributed by atoms with Crippen molar-refractivity contribution in [3.8, 4) is 0 Å². The number of nitrogens with zero attached hydrogens (tertiary/aromatic N) is 4. The lowest BCUT2D eigenvalue weighted by Gasteiger charge is -2.25. The molecule has 0 spiro atoms. The normalized spacial score (nSPS) is 10.2. The number of anilines is 3. The van der Waals surface area contributed by atoms with Crippen molar-refractivity contribution in [2.75, 3.05) is 42.3 Å². The van der Waals surface area contributed by atoms with E-state index in [0.717, 1.165) is 0 Å². The maximum Gasteiger partial charge on any atom is 0.223 e. The molecule has 0 unspecified atom stereocenters. The average Bonchev–Trinajstić information content (AvgIpc) is 2.32. The number of carbonyl (C=O) groups is 1. The smallest absolute Gasteiger partial charge is 0.223 e. The Hall–Kier alpha value is -1.60. The Bertz CT molecular complexity index is 429. The van der Waals surface area contributed by atoms with Gasteiger partial charge in [0.05, 0.1) is 6.61 Å². The summed E-state index contributed by atoms with van der Waals surface area (Å²) in [4.78, 5) is 22.0. The molecule has 0 aliphatic rings. The van der Waals surface area contributed by atoms with Crippen LogP contribution in [0.3, 0.4) is 0 Å². The third kappa shape index (κ3) is 2.99. The van der Waals surface area contributed by atoms with Gasteiger partial charge in [0.25, 0.3) is 0 Å². The molecule has 0 bridgehead atoms. The third-order valence-corrected chi connectivity index (χ3v) is 2.66. The van der Waals surface area contributed by atoms with Crippen molar-refractivity contribution >= 4 is 35.5 Å². The van der Waals surface area contributed by atoms with E-state index in [0.29, 0.717) is 31.0 Å². The molecule has 8 heteroatoms. The van der Waals surface area contributed by atoms with E-state index in [1.54, 1.807) is 18.9 Å². The molecule has 0 aliphatic heterocycles. The van der Waals surface area contributed by atoms with Crippen LogP contribution in [0.25, 0.3) is 0 Å². The molecule has 1 aromatic heterocycles. The second-order valence-electron chi connectivity index (χ2n) is 3.58. The number of nitrogens with two attached hydrogens (primary N) is 1. The Balaban J connectivity index is 3.32. The lowest BCUT2D eigenvalue weighted by atomic mass is 10.3. The highest BCUT2D eigenvalue weighted by Gasteiger charge is 2.20. The zero-order valence-corrected chi connectivity index (χ0v) is 11.1. The summed E-state index contributed by atoms with van der Waals surface area (Å²) >= 11 is 6.01. The number of aliphatic hydroxyl groups is 1. The molecular formula is C10H16ClN5O2. The Labute approximate surface area is 110 Å². The van der Waals surface area contributed by atoms with E-state index in [1.165, 1.54) is 4.90 Å². The number of amides is 1. The lowest BCUT2D eigenvalue weighted by Crippen LogP contribution is -2.28. The van der Waals surface area contributed by atoms with E-state index in [4.69, 9.17) is 22.4 Å². The lowest BCUT2D eigenvalue weighted by molar-refractivity contribution is -0.107. The first-order chi connectivity index (χ1) is 8.54. The number of nitrogen functional groups attached to an aromatic ring is 1. The first-order valence-corrected chi connectivity index (χ1v) is 5.79. The van der Waals surface area contributed by atoms with Gasteiger partial charge in [-0.15, -0.1) is 0 Å². The van der Waals surface area contributed by atoms with Gasteiger partial charge in [-0.25, -0.2) is 0 Å². The summed E-state index contributed by atoms with van der Waals surface area (Å²) in [6.07, 6.45) is 0.650. The minimum absolute atomic E-state index is 0.0190. The van der Waals surface area contributed by atoms with Crippen LogP contribution in [0, 0.1) is 0 Å². The Morgan fingerprint density at radius 3 is 2.67 bits per heavy atom. The van der Waals surface area contributed by atoms with Gasteiger partial charge in [-0.3, -0.25) is 4.79 Å². The first-order valence-electron chi connectivity index (χ1n) is 5.42. The molecular weight excluding hydrogens is 258 g/mol. The number of hydrogen-bond donors (Lipinski definition) is 2. The predicted octanol–water partition coefficient (Wildman–Crippen LogP) is 0.123. The van der Waals surface area contributed by atoms with Gasteiger partial charge >= 0.3 is 0 Å². The van der Waals surface area contributed by atoms with Gasteiger partial charge in [-0.05, 0) is 6.92 Å². The van der Waals surface area contributed by atoms with Crippen LogP contribution >= 0.6 is 11.6 Å². The molecule has 0 fully saturated rings. The van der Waals surface area contributed by atoms with Crippen LogP contribution in [0.4, 0.5) is 17.5 Å². The Morgan fingerprint density at radius 1 is 1.50 bits per heavy atom. The van der Waals surface area contributed by atoms with Crippen molar-refractivity contribution in [1.82, 2.24) is 9.97 Å². The number of halogens is 1. The molecule has 7 nitrogen and oxygen atoms in total. The summed E-state index contributed by atoms with van der Waals surface area (Å²) in [6, 6.07) is 0. The maximum atomic E-state index is 11.0. The van der Waals surface area contributed by atoms with Gasteiger partial charge < -0.3 is 20.6 Å². The van der Waals surface area contributed by atoms with Crippen LogP contribution in [0.2, 0.25) is 5.15 Å². The molecule has 1 heterocycles. The van der Waals surface area contributed by atoms with E-state index in [1.807, 2.05) is 0 Å². The average molecular weight is 274 g/mol. The minimum Gasteiger partial charge on any atom is -0.395 e. The van der Waals surface area contributed by atoms with E-state index < -0.39 is 0 Å². The van der Waals surface area contributed by atoms with Gasteiger partial charge in [0.1, 0.15) is 5.69 Å². The van der Waals surface area contributed by atoms with Crippen LogP contribution in [0.15, 0.2) is 0 Å². The van der Waals surface area contributed by atoms with Crippen LogP contribution in [0.5, 0.6) is 0 Å². The number of hydrogen-bond acceptors (Lipinski definition) is 6. The molecule has 0 atom stereocenters. The number of likely N-dealkylation sites (N-methyl/N-ethyl adjacent to an activating group) is 1. The van der Waals surface area contributed by atoms with Gasteiger partial charge in [-0.2, -0.15) is 9.97 Å². The largest absolute Gasteiger partial charge is 0.395 e. The molecule has 1 rings (SSSR count). The molecule has 0 saturated heterocycles. The fourth-order valence-corrected chi connectivity index (χ4v) is 1.77. The van der Waals surface area contributed by atoms with Crippen LogP contribution in [-0.4, -0.2) is 48.2 Å². The molecule has 1 aromatic rings. The topological polar surface area (TPSA) is 95.6 Å². The van der Waals surface area contributed by atoms with Crippen molar-refractivity contribution in [2.24, 2.45) is 0 Å². The number of carbonyl (C=O) groups excluding carboxylic acids is 1. The van der Waals surface area contributed by atoms with Gasteiger partial charge in [0.15, 0.2) is 11.0 Å². The SMILES string of the molecule is CCN(C=O)c1c(Cl)nc(N)nc1N(C)CCO. The summed E-state index contributed by atoms with van der Waals surface area (Å²) in [5.74, 6) is 0.431. The summed E-state index contributed by atoms with van der Waals surface area (Å²) < 4.78 is 0. The molecule has 3 N–H and O–H groups in total. The Morgan fingerprint density at radius 2 is 2.17 bits per heavy atom. The van der Waals surface area contributed by atoms with Crippen LogP contribution < -0.4 is 15.5 Å². The van der Waals surface area contributed by atoms with Crippen LogP contribution in [0.1, 0.15) is 6.92 Å². The third-order valence-electron chi connectivity index (χ3n) is 2.39. The fraction of sp³-hybridized carbons (Fsp3) is 0.500. The van der Waals surface area contributed by atoms with Crippen molar-refractivity contribution < 1.29 is 9.90 Å². The van der Waals surface area contributed by atoms with E-state index in [-0.39, 0.29) is 17.7 Å². The first kappa shape index (κ1) is 14.5. The predicted molar refractivity (Wildman–Crippen MR) is 70.9 cm³/mol. The highest BCUT2D eigenvalue weighted by atomic mass is 35.5. The molecule has 0 aromatic carbocycles. The van der Waals surface area contributed by atoms with E-state index in [9.17, 15) is 4.79 Å². The molecule has 0 aliphatic carbocycles. The van der Waals surface area contributed by atoms with Gasteiger partial charge in [0.2, 0.25) is 12.4 Å². The molecule has 18 heavy (non-hydrogen) atoms. The van der Waals surface area contributed by atoms with Gasteiger partial charge in [0, 0.05) is 20.1 Å². The van der Waals surface area contributed by atoms with Crippen molar-refractivity contribution in [3.63, 3.8) is 0 Å². The quantitative estimate of drug-likeness (QED) is 0.565. The minimum atomic E-state index is -0.0509. The monoisotopic (exact) mass is 273 g/mol. The number of aliphatic hydroxyl groups excluding tert-OH is 1. The highest BCUT2D eigenvalue weighted by molar-refractivity contribution is 6.33. The summed E-state index contributed by atoms with van der Waals surface area (Å²) in [7, 11) is 1.72. The molecule has 100 valence electrons. The van der Waals surface area contributed by atoms with E-state index in [2.05, 4.69) is 9.97 Å². The summed E-state index contributed by atoms with van der Waals surface area (Å²) in [5, 5.41) is 9.06. The second kappa shape index (κ2) is 6.36. The van der Waals surface area contributed by atoms with Crippen LogP contribution in [-0.2, 0) is 4.79 Å². The highest BCUT2D eigenvalue weighted by Crippen LogP contribution is 2.33. The Kier molecular flexibility index (Phi) is 5.11. The van der Waals surface area contributed by atoms with E-state index >= 15 is 0 Å². The standard InChI is InChI=1S/C10H16ClN5O2/c1-3-16(6-18)7-8(11)13-10(12)14-9(7)15(2)4-5-17/h6,17H,3-5H2,1-2H3,(H2,12,13,14). The van der Waals surface area contributed by atoms with Crippen molar-refractivity contribution in [2.45, 2.75) is 6.92 Å². The molecule has 0 saturated carbocycles. The van der Waals surface area contributed by atoms with Gasteiger partial charge in [-0.1, -0.05) is 11.6 Å². The molecule has 1 amide bonds. The number of rotatable bonds is 6. The maximum absolute atomic E-state index is 11.0. The summed E-state index contributed by atoms with van der Waals surface area (Å²) in [6.45, 7) is 2.52. The second-order valence-corrected chi connectivity index (χ2v) is 3.94. The van der Waals surface area contributed by atoms with Crippen molar-refractivity contribution in [3.05, 3.63) is 5.15 Å². The molecule has 0 radical (unpaired) electrons. The fourth-order valence-electron chi connectivity index (χ4n) is 1.49. The summed E-state index contributed by atoms with van der Waals surface area (Å²) in [5.41, 5.74) is 5.93. The zero-order chi connectivity index (χ0) is 13.7. The van der Waals surface area contributed by atoms with Crippen molar-refractivity contribution in [1.29, 1.82) is 0 Å².